The largest absolute Gasteiger partial charge is 0.496 e. The molecule has 0 aliphatic rings. The third kappa shape index (κ3) is 3.62. The van der Waals surface area contributed by atoms with Crippen molar-refractivity contribution in [2.75, 3.05) is 13.7 Å². The van der Waals surface area contributed by atoms with E-state index in [9.17, 15) is 4.79 Å². The van der Waals surface area contributed by atoms with Gasteiger partial charge in [0.25, 0.3) is 0 Å². The van der Waals surface area contributed by atoms with Crippen LogP contribution in [0.5, 0.6) is 5.75 Å². The van der Waals surface area contributed by atoms with Crippen LogP contribution in [0.3, 0.4) is 0 Å². The fourth-order valence-corrected chi connectivity index (χ4v) is 1.41. The van der Waals surface area contributed by atoms with E-state index in [2.05, 4.69) is 0 Å². The van der Waals surface area contributed by atoms with E-state index in [1.807, 2.05) is 25.1 Å². The molecule has 3 heteroatoms. The maximum Gasteiger partial charge on any atom is 0.302 e. The van der Waals surface area contributed by atoms with Gasteiger partial charge in [0.05, 0.1) is 13.7 Å². The van der Waals surface area contributed by atoms with E-state index in [-0.39, 0.29) is 5.97 Å². The van der Waals surface area contributed by atoms with Gasteiger partial charge in [0.1, 0.15) is 5.75 Å². The SMILES string of the molecule is COc1ccc(CCOC(C)=O)cc1C. The second kappa shape index (κ2) is 5.39. The zero-order chi connectivity index (χ0) is 11.3. The molecule has 0 unspecified atom stereocenters. The van der Waals surface area contributed by atoms with Gasteiger partial charge >= 0.3 is 5.97 Å². The molecule has 0 aromatic heterocycles. The highest BCUT2D eigenvalue weighted by Crippen LogP contribution is 2.18. The van der Waals surface area contributed by atoms with Crippen LogP contribution in [0, 0.1) is 6.92 Å². The molecule has 0 radical (unpaired) electrons. The summed E-state index contributed by atoms with van der Waals surface area (Å²) in [6, 6.07) is 5.95. The fourth-order valence-electron chi connectivity index (χ4n) is 1.41. The summed E-state index contributed by atoms with van der Waals surface area (Å²) < 4.78 is 10.0. The average Bonchev–Trinajstić information content (AvgIpc) is 2.17. The lowest BCUT2D eigenvalue weighted by molar-refractivity contribution is -0.140. The molecule has 0 amide bonds. The number of methoxy groups -OCH3 is 1. The smallest absolute Gasteiger partial charge is 0.302 e. The van der Waals surface area contributed by atoms with Gasteiger partial charge < -0.3 is 9.47 Å². The summed E-state index contributed by atoms with van der Waals surface area (Å²) in [5.74, 6) is 0.645. The molecule has 15 heavy (non-hydrogen) atoms. The maximum atomic E-state index is 10.6. The van der Waals surface area contributed by atoms with Crippen LogP contribution in [0.25, 0.3) is 0 Å². The first-order valence-corrected chi connectivity index (χ1v) is 4.90. The first-order valence-electron chi connectivity index (χ1n) is 4.90. The summed E-state index contributed by atoms with van der Waals surface area (Å²) in [6.45, 7) is 3.84. The van der Waals surface area contributed by atoms with Gasteiger partial charge in [0.15, 0.2) is 0 Å². The van der Waals surface area contributed by atoms with E-state index in [1.54, 1.807) is 7.11 Å². The molecule has 0 heterocycles. The Bertz CT molecular complexity index is 345. The highest BCUT2D eigenvalue weighted by Gasteiger charge is 2.00. The lowest BCUT2D eigenvalue weighted by Crippen LogP contribution is -2.03. The van der Waals surface area contributed by atoms with Crippen LogP contribution in [0.15, 0.2) is 18.2 Å². The molecule has 0 bridgehead atoms. The molecule has 82 valence electrons. The number of hydrogen-bond donors (Lipinski definition) is 0. The molecular weight excluding hydrogens is 192 g/mol. The van der Waals surface area contributed by atoms with Crippen molar-refractivity contribution in [3.63, 3.8) is 0 Å². The van der Waals surface area contributed by atoms with Crippen LogP contribution >= 0.6 is 0 Å². The van der Waals surface area contributed by atoms with E-state index in [0.717, 1.165) is 23.3 Å². The number of esters is 1. The molecule has 0 fully saturated rings. The van der Waals surface area contributed by atoms with Crippen LogP contribution in [-0.4, -0.2) is 19.7 Å². The number of carbonyl (C=O) groups excluding carboxylic acids is 1. The molecule has 0 aliphatic carbocycles. The second-order valence-corrected chi connectivity index (χ2v) is 3.39. The molecule has 0 spiro atoms. The predicted molar refractivity (Wildman–Crippen MR) is 58.1 cm³/mol. The number of hydrogen-bond acceptors (Lipinski definition) is 3. The standard InChI is InChI=1S/C12H16O3/c1-9-8-11(4-5-12(9)14-3)6-7-15-10(2)13/h4-5,8H,6-7H2,1-3H3. The molecule has 0 atom stereocenters. The third-order valence-electron chi connectivity index (χ3n) is 2.16. The maximum absolute atomic E-state index is 10.6. The minimum Gasteiger partial charge on any atom is -0.496 e. The van der Waals surface area contributed by atoms with Gasteiger partial charge in [0.2, 0.25) is 0 Å². The molecule has 1 aromatic carbocycles. The number of rotatable bonds is 4. The lowest BCUT2D eigenvalue weighted by Gasteiger charge is -2.07. The van der Waals surface area contributed by atoms with Crippen LogP contribution in [0.2, 0.25) is 0 Å². The van der Waals surface area contributed by atoms with Crippen LogP contribution in [0.4, 0.5) is 0 Å². The molecule has 1 aromatic rings. The quantitative estimate of drug-likeness (QED) is 0.711. The number of benzene rings is 1. The highest BCUT2D eigenvalue weighted by atomic mass is 16.5. The Morgan fingerprint density at radius 1 is 1.40 bits per heavy atom. The van der Waals surface area contributed by atoms with Gasteiger partial charge in [-0.15, -0.1) is 0 Å². The normalized spacial score (nSPS) is 9.80. The Balaban J connectivity index is 2.55. The number of carbonyl (C=O) groups is 1. The van der Waals surface area contributed by atoms with Gasteiger partial charge in [-0.1, -0.05) is 12.1 Å². The van der Waals surface area contributed by atoms with E-state index >= 15 is 0 Å². The summed E-state index contributed by atoms with van der Waals surface area (Å²) in [4.78, 5) is 10.6. The van der Waals surface area contributed by atoms with Crippen LogP contribution in [0.1, 0.15) is 18.1 Å². The van der Waals surface area contributed by atoms with Gasteiger partial charge in [-0.25, -0.2) is 0 Å². The third-order valence-corrected chi connectivity index (χ3v) is 2.16. The Hall–Kier alpha value is -1.51. The summed E-state index contributed by atoms with van der Waals surface area (Å²) in [6.07, 6.45) is 0.740. The van der Waals surface area contributed by atoms with E-state index in [4.69, 9.17) is 9.47 Å². The van der Waals surface area contributed by atoms with Crippen molar-refractivity contribution < 1.29 is 14.3 Å². The number of ether oxygens (including phenoxy) is 2. The second-order valence-electron chi connectivity index (χ2n) is 3.39. The first-order chi connectivity index (χ1) is 7.13. The monoisotopic (exact) mass is 208 g/mol. The Kier molecular flexibility index (Phi) is 4.16. The minimum atomic E-state index is -0.236. The molecule has 0 N–H and O–H groups in total. The molecule has 0 saturated heterocycles. The van der Waals surface area contributed by atoms with Crippen molar-refractivity contribution in [3.05, 3.63) is 29.3 Å². The molecular formula is C12H16O3. The van der Waals surface area contributed by atoms with Crippen molar-refractivity contribution in [1.29, 1.82) is 0 Å². The van der Waals surface area contributed by atoms with Crippen molar-refractivity contribution >= 4 is 5.97 Å². The summed E-state index contributed by atoms with van der Waals surface area (Å²) in [7, 11) is 1.65. The predicted octanol–water partition coefficient (Wildman–Crippen LogP) is 2.11. The molecule has 1 rings (SSSR count). The molecule has 0 aliphatic heterocycles. The Morgan fingerprint density at radius 2 is 2.13 bits per heavy atom. The van der Waals surface area contributed by atoms with Gasteiger partial charge in [0, 0.05) is 13.3 Å². The van der Waals surface area contributed by atoms with Crippen molar-refractivity contribution in [3.8, 4) is 5.75 Å². The van der Waals surface area contributed by atoms with Gasteiger partial charge in [-0.05, 0) is 24.1 Å². The molecule has 0 saturated carbocycles. The van der Waals surface area contributed by atoms with E-state index in [1.165, 1.54) is 6.92 Å². The minimum absolute atomic E-state index is 0.236. The van der Waals surface area contributed by atoms with Crippen molar-refractivity contribution in [1.82, 2.24) is 0 Å². The average molecular weight is 208 g/mol. The van der Waals surface area contributed by atoms with Crippen molar-refractivity contribution in [2.24, 2.45) is 0 Å². The summed E-state index contributed by atoms with van der Waals surface area (Å²) >= 11 is 0. The van der Waals surface area contributed by atoms with Gasteiger partial charge in [-0.2, -0.15) is 0 Å². The van der Waals surface area contributed by atoms with E-state index in [0.29, 0.717) is 6.61 Å². The van der Waals surface area contributed by atoms with Crippen LogP contribution < -0.4 is 4.74 Å². The summed E-state index contributed by atoms with van der Waals surface area (Å²) in [5, 5.41) is 0. The Morgan fingerprint density at radius 3 is 2.67 bits per heavy atom. The zero-order valence-electron chi connectivity index (χ0n) is 9.37. The molecule has 3 nitrogen and oxygen atoms in total. The van der Waals surface area contributed by atoms with Gasteiger partial charge in [-0.3, -0.25) is 4.79 Å². The highest BCUT2D eigenvalue weighted by molar-refractivity contribution is 5.65. The lowest BCUT2D eigenvalue weighted by atomic mass is 10.1. The Labute approximate surface area is 90.0 Å². The zero-order valence-corrected chi connectivity index (χ0v) is 9.37. The summed E-state index contributed by atoms with van der Waals surface area (Å²) in [5.41, 5.74) is 2.24. The topological polar surface area (TPSA) is 35.5 Å². The van der Waals surface area contributed by atoms with Crippen molar-refractivity contribution in [2.45, 2.75) is 20.3 Å². The first kappa shape index (κ1) is 11.6. The number of aryl methyl sites for hydroxylation is 1. The fraction of sp³-hybridized carbons (Fsp3) is 0.417. The van der Waals surface area contributed by atoms with E-state index < -0.39 is 0 Å². The van der Waals surface area contributed by atoms with Crippen LogP contribution in [-0.2, 0) is 16.0 Å².